The Balaban J connectivity index is 0.660. The standard InChI is InChI=1S/C123H100Br3N9/c1-121(2,3)97-51-56-101(107(72-97)105-54-46-85(69-110(105)125)112-58-49-92(75-128-112)119-132-115(88-40-24-36-81(62-88)77-28-14-10-15-29-77)130-116(133-119)89-41-25-37-82(63-89)78-30-16-11-17-31-78)95-66-94(100-44-22-23-45-103(100)104-53-48-87(71-109(104)124)114-74-99(60-61-127-114)123(7,8)9)67-96(68-95)102-57-52-98(122(4,5)6)73-108(102)106-55-47-86(70-111(106)126)113-59-50-93(76-129-113)120-134-117(90-42-26-38-83(64-90)79-32-18-12-19-33-79)131-118(135-120)91-43-27-39-84(65-91)80-34-20-13-21-35-80/h10-65,69-76,94-96H,66-68H2,1-9H3. The van der Waals surface area contributed by atoms with Crippen LogP contribution in [-0.4, -0.2) is 44.9 Å². The van der Waals surface area contributed by atoms with Crippen LogP contribution >= 0.6 is 47.8 Å². The highest BCUT2D eigenvalue weighted by atomic mass is 79.9. The van der Waals surface area contributed by atoms with Crippen LogP contribution in [0.2, 0.25) is 0 Å². The third-order valence-electron chi connectivity index (χ3n) is 26.3. The molecule has 0 amide bonds. The molecule has 14 aromatic carbocycles. The Labute approximate surface area is 817 Å². The summed E-state index contributed by atoms with van der Waals surface area (Å²) in [7, 11) is 0. The number of rotatable bonds is 19. The van der Waals surface area contributed by atoms with Crippen molar-refractivity contribution in [3.8, 4) is 180 Å². The first-order valence-electron chi connectivity index (χ1n) is 46.3. The molecule has 0 saturated heterocycles. The lowest BCUT2D eigenvalue weighted by molar-refractivity contribution is 0.352. The van der Waals surface area contributed by atoms with Gasteiger partial charge in [-0.1, -0.05) is 401 Å². The Bertz CT molecular complexity index is 7040. The van der Waals surface area contributed by atoms with Crippen LogP contribution < -0.4 is 0 Å². The SMILES string of the molecule is CC(C)(C)c1ccnc(-c2ccc(-c3ccccc3C3CC(c4ccc(C(C)(C)C)cc4-c4ccc(-c5ccc(-c6nc(-c7cccc(-c8ccccc8)c7)nc(-c7cccc(-c8ccccc8)c7)n6)cn5)cc4Br)CC(c4ccc(C(C)(C)C)cc4-c4ccc(-c5ccc(-c6nc(-c7cccc(-c8ccccc8)c7)nc(-c7cccc(-c8ccccc8)c7)n6)cn5)cc4Br)C3)c(Br)c2)c1. The van der Waals surface area contributed by atoms with Gasteiger partial charge in [-0.3, -0.25) is 15.0 Å². The fourth-order valence-electron chi connectivity index (χ4n) is 18.9. The van der Waals surface area contributed by atoms with E-state index in [4.69, 9.17) is 44.9 Å². The lowest BCUT2D eigenvalue weighted by atomic mass is 9.65. The lowest BCUT2D eigenvalue weighted by Crippen LogP contribution is -2.22. The van der Waals surface area contributed by atoms with Crippen molar-refractivity contribution in [3.05, 3.63) is 435 Å². The quantitative estimate of drug-likeness (QED) is 0.0780. The van der Waals surface area contributed by atoms with E-state index in [-0.39, 0.29) is 34.0 Å². The van der Waals surface area contributed by atoms with Crippen molar-refractivity contribution < 1.29 is 0 Å². The minimum Gasteiger partial charge on any atom is -0.256 e. The van der Waals surface area contributed by atoms with Crippen LogP contribution in [0.15, 0.2) is 402 Å². The summed E-state index contributed by atoms with van der Waals surface area (Å²) >= 11 is 12.8. The van der Waals surface area contributed by atoms with Gasteiger partial charge in [-0.25, -0.2) is 29.9 Å². The van der Waals surface area contributed by atoms with Gasteiger partial charge >= 0.3 is 0 Å². The van der Waals surface area contributed by atoms with Crippen molar-refractivity contribution in [3.63, 3.8) is 0 Å². The highest BCUT2D eigenvalue weighted by Gasteiger charge is 2.37. The number of hydrogen-bond acceptors (Lipinski definition) is 9. The number of benzene rings is 14. The molecule has 12 heteroatoms. The normalized spacial score (nSPS) is 14.1. The molecule has 5 heterocycles. The molecule has 2 atom stereocenters. The Morgan fingerprint density at radius 1 is 0.200 bits per heavy atom. The topological polar surface area (TPSA) is 116 Å². The van der Waals surface area contributed by atoms with Gasteiger partial charge in [-0.15, -0.1) is 0 Å². The molecule has 0 radical (unpaired) electrons. The largest absolute Gasteiger partial charge is 0.256 e. The zero-order chi connectivity index (χ0) is 92.6. The summed E-state index contributed by atoms with van der Waals surface area (Å²) in [5.74, 6) is 3.72. The molecular formula is C123H100Br3N9. The van der Waals surface area contributed by atoms with Crippen molar-refractivity contribution in [2.24, 2.45) is 0 Å². The molecule has 1 saturated carbocycles. The first kappa shape index (κ1) is 88.9. The van der Waals surface area contributed by atoms with Crippen molar-refractivity contribution in [2.45, 2.75) is 116 Å². The van der Waals surface area contributed by atoms with E-state index in [2.05, 4.69) is 456 Å². The molecule has 5 aromatic heterocycles. The first-order valence-corrected chi connectivity index (χ1v) is 48.7. The first-order chi connectivity index (χ1) is 65.5. The van der Waals surface area contributed by atoms with Crippen molar-refractivity contribution >= 4 is 47.8 Å². The van der Waals surface area contributed by atoms with Gasteiger partial charge in [-0.05, 0) is 243 Å². The summed E-state index contributed by atoms with van der Waals surface area (Å²) in [6.07, 6.45) is 8.50. The zero-order valence-electron chi connectivity index (χ0n) is 77.0. The summed E-state index contributed by atoms with van der Waals surface area (Å²) in [6.45, 7) is 20.7. The number of nitrogens with zero attached hydrogens (tertiary/aromatic N) is 9. The minimum absolute atomic E-state index is 0.0297. The van der Waals surface area contributed by atoms with Gasteiger partial charge in [0.05, 0.1) is 17.1 Å². The van der Waals surface area contributed by atoms with E-state index < -0.39 is 0 Å². The van der Waals surface area contributed by atoms with Crippen molar-refractivity contribution in [1.29, 1.82) is 0 Å². The maximum absolute atomic E-state index is 5.24. The molecular weight excluding hydrogens is 1840 g/mol. The van der Waals surface area contributed by atoms with Crippen LogP contribution in [0.5, 0.6) is 0 Å². The molecule has 658 valence electrons. The van der Waals surface area contributed by atoms with Crippen molar-refractivity contribution in [1.82, 2.24) is 44.9 Å². The predicted octanol–water partition coefficient (Wildman–Crippen LogP) is 33.9. The smallest absolute Gasteiger partial charge is 0.165 e. The van der Waals surface area contributed by atoms with E-state index in [0.717, 1.165) is 161 Å². The fraction of sp³-hybridized carbons (Fsp3) is 0.146. The summed E-state index contributed by atoms with van der Waals surface area (Å²) in [5, 5.41) is 0. The van der Waals surface area contributed by atoms with Gasteiger partial charge in [-0.2, -0.15) is 0 Å². The van der Waals surface area contributed by atoms with Crippen LogP contribution in [-0.2, 0) is 16.2 Å². The number of halogens is 3. The molecule has 2 unspecified atom stereocenters. The van der Waals surface area contributed by atoms with E-state index in [1.807, 2.05) is 42.9 Å². The Morgan fingerprint density at radius 2 is 0.481 bits per heavy atom. The van der Waals surface area contributed by atoms with Crippen molar-refractivity contribution in [2.75, 3.05) is 0 Å². The Hall–Kier alpha value is -14.0. The van der Waals surface area contributed by atoms with Gasteiger partial charge in [0.25, 0.3) is 0 Å². The molecule has 19 aromatic rings. The average Bonchev–Trinajstić information content (AvgIpc) is 0.752. The molecule has 20 rings (SSSR count). The van der Waals surface area contributed by atoms with Crippen LogP contribution in [0, 0.1) is 0 Å². The van der Waals surface area contributed by atoms with E-state index >= 15 is 0 Å². The second-order valence-electron chi connectivity index (χ2n) is 38.5. The van der Waals surface area contributed by atoms with E-state index in [1.54, 1.807) is 0 Å². The van der Waals surface area contributed by atoms with Gasteiger partial charge in [0.2, 0.25) is 0 Å². The van der Waals surface area contributed by atoms with E-state index in [1.165, 1.54) is 50.1 Å². The van der Waals surface area contributed by atoms with Gasteiger partial charge < -0.3 is 0 Å². The third-order valence-corrected chi connectivity index (χ3v) is 28.3. The molecule has 135 heavy (non-hydrogen) atoms. The predicted molar refractivity (Wildman–Crippen MR) is 568 cm³/mol. The molecule has 0 spiro atoms. The minimum atomic E-state index is -0.153. The van der Waals surface area contributed by atoms with E-state index in [0.29, 0.717) is 34.9 Å². The fourth-order valence-corrected chi connectivity index (χ4v) is 20.7. The van der Waals surface area contributed by atoms with Crippen LogP contribution in [0.4, 0.5) is 0 Å². The van der Waals surface area contributed by atoms with Gasteiger partial charge in [0, 0.05) is 82.1 Å². The zero-order valence-corrected chi connectivity index (χ0v) is 81.7. The molecule has 0 bridgehead atoms. The summed E-state index contributed by atoms with van der Waals surface area (Å²) in [5.41, 5.74) is 34.0. The second kappa shape index (κ2) is 37.8. The Morgan fingerprint density at radius 3 is 0.807 bits per heavy atom. The molecule has 1 aliphatic rings. The number of hydrogen-bond donors (Lipinski definition) is 0. The lowest BCUT2D eigenvalue weighted by Gasteiger charge is -2.39. The maximum atomic E-state index is 5.24. The van der Waals surface area contributed by atoms with Crippen LogP contribution in [0.25, 0.3) is 180 Å². The third kappa shape index (κ3) is 19.3. The molecule has 0 aliphatic heterocycles. The highest BCUT2D eigenvalue weighted by molar-refractivity contribution is 9.11. The van der Waals surface area contributed by atoms with Gasteiger partial charge in [0.1, 0.15) is 0 Å². The summed E-state index contributed by atoms with van der Waals surface area (Å²) in [4.78, 5) is 46.8. The number of pyridine rings is 3. The van der Waals surface area contributed by atoms with Crippen LogP contribution in [0.3, 0.4) is 0 Å². The second-order valence-corrected chi connectivity index (χ2v) is 41.1. The molecule has 9 nitrogen and oxygen atoms in total. The monoisotopic (exact) mass is 1940 g/mol. The highest BCUT2D eigenvalue weighted by Crippen LogP contribution is 2.55. The average molecular weight is 1940 g/mol. The molecule has 1 fully saturated rings. The number of aromatic nitrogens is 9. The summed E-state index contributed by atoms with van der Waals surface area (Å²) in [6, 6.07) is 132. The Kier molecular flexibility index (Phi) is 24.9. The maximum Gasteiger partial charge on any atom is 0.165 e. The van der Waals surface area contributed by atoms with Gasteiger partial charge in [0.15, 0.2) is 34.9 Å². The molecule has 1 aliphatic carbocycles. The molecule has 0 N–H and O–H groups in total. The van der Waals surface area contributed by atoms with Crippen LogP contribution in [0.1, 0.15) is 133 Å². The summed E-state index contributed by atoms with van der Waals surface area (Å²) < 4.78 is 2.99. The van der Waals surface area contributed by atoms with E-state index in [9.17, 15) is 0 Å².